The SMILES string of the molecule is Cc1ccc2c(c1OCc1ccccc1)CC(C(=O)O)N(C(=O)C(OC(C)(C)C)c1ccccc1)C2. The molecule has 1 aliphatic rings. The van der Waals surface area contributed by atoms with Crippen LogP contribution in [0.4, 0.5) is 0 Å². The minimum Gasteiger partial charge on any atom is -0.488 e. The number of rotatable bonds is 7. The van der Waals surface area contributed by atoms with Gasteiger partial charge < -0.3 is 19.5 Å². The van der Waals surface area contributed by atoms with Crippen LogP contribution < -0.4 is 4.74 Å². The fraction of sp³-hybridized carbons (Fsp3) is 0.333. The van der Waals surface area contributed by atoms with Crippen molar-refractivity contribution in [2.24, 2.45) is 0 Å². The van der Waals surface area contributed by atoms with Gasteiger partial charge in [-0.3, -0.25) is 4.79 Å². The molecule has 188 valence electrons. The first-order valence-electron chi connectivity index (χ1n) is 12.2. The number of aryl methyl sites for hydroxylation is 1. The quantitative estimate of drug-likeness (QED) is 0.478. The highest BCUT2D eigenvalue weighted by Crippen LogP contribution is 2.36. The van der Waals surface area contributed by atoms with Gasteiger partial charge in [0.25, 0.3) is 5.91 Å². The predicted octanol–water partition coefficient (Wildman–Crippen LogP) is 5.47. The number of aliphatic carboxylic acids is 1. The number of ether oxygens (including phenoxy) is 2. The second kappa shape index (κ2) is 10.5. The largest absolute Gasteiger partial charge is 0.488 e. The number of nitrogens with zero attached hydrogens (tertiary/aromatic N) is 1. The van der Waals surface area contributed by atoms with Crippen molar-refractivity contribution < 1.29 is 24.2 Å². The van der Waals surface area contributed by atoms with Crippen LogP contribution in [0.2, 0.25) is 0 Å². The van der Waals surface area contributed by atoms with Gasteiger partial charge in [-0.25, -0.2) is 4.79 Å². The van der Waals surface area contributed by atoms with Crippen molar-refractivity contribution >= 4 is 11.9 Å². The standard InChI is InChI=1S/C30H33NO5/c1-20-15-16-23-18-31(28(32)27(36-30(2,3)4)22-13-9-6-10-14-22)25(29(33)34)17-24(23)26(20)35-19-21-11-7-5-8-12-21/h5-16,25,27H,17-19H2,1-4H3,(H,33,34). The number of fused-ring (bicyclic) bond motifs is 1. The number of carbonyl (C=O) groups is 2. The molecule has 0 fully saturated rings. The number of amides is 1. The van der Waals surface area contributed by atoms with Crippen LogP contribution in [0.1, 0.15) is 54.7 Å². The average molecular weight is 488 g/mol. The van der Waals surface area contributed by atoms with Crippen LogP contribution in [-0.4, -0.2) is 33.5 Å². The van der Waals surface area contributed by atoms with Crippen LogP contribution in [-0.2, 0) is 33.9 Å². The molecule has 1 heterocycles. The zero-order chi connectivity index (χ0) is 25.9. The first-order valence-corrected chi connectivity index (χ1v) is 12.2. The summed E-state index contributed by atoms with van der Waals surface area (Å²) in [5.74, 6) is -0.714. The Morgan fingerprint density at radius 2 is 1.64 bits per heavy atom. The Kier molecular flexibility index (Phi) is 7.45. The number of hydrogen-bond acceptors (Lipinski definition) is 4. The van der Waals surface area contributed by atoms with E-state index in [1.807, 2.05) is 100 Å². The highest BCUT2D eigenvalue weighted by Gasteiger charge is 2.40. The molecule has 36 heavy (non-hydrogen) atoms. The predicted molar refractivity (Wildman–Crippen MR) is 138 cm³/mol. The summed E-state index contributed by atoms with van der Waals surface area (Å²) in [4.78, 5) is 27.7. The van der Waals surface area contributed by atoms with Crippen molar-refractivity contribution in [2.45, 2.75) is 65.0 Å². The first kappa shape index (κ1) is 25.5. The maximum Gasteiger partial charge on any atom is 0.326 e. The summed E-state index contributed by atoms with van der Waals surface area (Å²) >= 11 is 0. The number of carboxylic acid groups (broad SMARTS) is 1. The number of carbonyl (C=O) groups excluding carboxylic acids is 1. The van der Waals surface area contributed by atoms with Gasteiger partial charge in [-0.2, -0.15) is 0 Å². The summed E-state index contributed by atoms with van der Waals surface area (Å²) in [5, 5.41) is 10.2. The van der Waals surface area contributed by atoms with E-state index in [9.17, 15) is 14.7 Å². The summed E-state index contributed by atoms with van der Waals surface area (Å²) < 4.78 is 12.4. The molecule has 0 saturated heterocycles. The first-order chi connectivity index (χ1) is 17.1. The van der Waals surface area contributed by atoms with E-state index in [1.54, 1.807) is 0 Å². The van der Waals surface area contributed by atoms with E-state index in [0.717, 1.165) is 22.3 Å². The van der Waals surface area contributed by atoms with E-state index in [-0.39, 0.29) is 18.9 Å². The molecule has 4 rings (SSSR count). The topological polar surface area (TPSA) is 76.1 Å². The molecule has 0 radical (unpaired) electrons. The van der Waals surface area contributed by atoms with Crippen molar-refractivity contribution in [1.29, 1.82) is 0 Å². The van der Waals surface area contributed by atoms with Gasteiger partial charge in [0.15, 0.2) is 6.10 Å². The van der Waals surface area contributed by atoms with E-state index in [1.165, 1.54) is 4.90 Å². The van der Waals surface area contributed by atoms with Crippen LogP contribution in [0.5, 0.6) is 5.75 Å². The van der Waals surface area contributed by atoms with Crippen molar-refractivity contribution in [1.82, 2.24) is 4.90 Å². The molecule has 3 aromatic rings. The minimum absolute atomic E-state index is 0.166. The lowest BCUT2D eigenvalue weighted by atomic mass is 9.90. The Bertz CT molecular complexity index is 1220. The van der Waals surface area contributed by atoms with Gasteiger partial charge in [0, 0.05) is 18.5 Å². The Hall–Kier alpha value is -3.64. The second-order valence-corrected chi connectivity index (χ2v) is 10.2. The maximum atomic E-state index is 13.9. The fourth-order valence-corrected chi connectivity index (χ4v) is 4.53. The molecule has 6 nitrogen and oxygen atoms in total. The molecular formula is C30H33NO5. The molecule has 3 aromatic carbocycles. The Morgan fingerprint density at radius 3 is 2.25 bits per heavy atom. The molecule has 0 aromatic heterocycles. The molecule has 1 amide bonds. The van der Waals surface area contributed by atoms with Crippen LogP contribution in [0, 0.1) is 6.92 Å². The van der Waals surface area contributed by atoms with Gasteiger partial charge in [0.05, 0.1) is 5.60 Å². The molecule has 0 aliphatic carbocycles. The highest BCUT2D eigenvalue weighted by atomic mass is 16.5. The van der Waals surface area contributed by atoms with Gasteiger partial charge in [0.2, 0.25) is 0 Å². The van der Waals surface area contributed by atoms with Gasteiger partial charge in [-0.05, 0) is 49.9 Å². The monoisotopic (exact) mass is 487 g/mol. The zero-order valence-corrected chi connectivity index (χ0v) is 21.2. The van der Waals surface area contributed by atoms with Crippen molar-refractivity contribution in [3.05, 3.63) is 101 Å². The Morgan fingerprint density at radius 1 is 1.00 bits per heavy atom. The number of benzene rings is 3. The summed E-state index contributed by atoms with van der Waals surface area (Å²) in [6, 6.07) is 22.0. The minimum atomic E-state index is -1.05. The lowest BCUT2D eigenvalue weighted by molar-refractivity contribution is -0.164. The van der Waals surface area contributed by atoms with Crippen LogP contribution in [0.15, 0.2) is 72.8 Å². The zero-order valence-electron chi connectivity index (χ0n) is 21.2. The smallest absolute Gasteiger partial charge is 0.326 e. The van der Waals surface area contributed by atoms with E-state index >= 15 is 0 Å². The highest BCUT2D eigenvalue weighted by molar-refractivity contribution is 5.88. The molecule has 0 saturated carbocycles. The van der Waals surface area contributed by atoms with Gasteiger partial charge >= 0.3 is 5.97 Å². The van der Waals surface area contributed by atoms with Crippen LogP contribution in [0.25, 0.3) is 0 Å². The molecular weight excluding hydrogens is 454 g/mol. The number of hydrogen-bond donors (Lipinski definition) is 1. The maximum absolute atomic E-state index is 13.9. The third kappa shape index (κ3) is 5.77. The molecule has 0 bridgehead atoms. The molecule has 1 N–H and O–H groups in total. The molecule has 1 aliphatic heterocycles. The van der Waals surface area contributed by atoms with E-state index in [2.05, 4.69) is 0 Å². The molecule has 2 unspecified atom stereocenters. The van der Waals surface area contributed by atoms with Crippen LogP contribution >= 0.6 is 0 Å². The van der Waals surface area contributed by atoms with Gasteiger partial charge in [0.1, 0.15) is 18.4 Å². The lowest BCUT2D eigenvalue weighted by Crippen LogP contribution is -2.51. The van der Waals surface area contributed by atoms with E-state index in [0.29, 0.717) is 17.9 Å². The van der Waals surface area contributed by atoms with E-state index < -0.39 is 23.7 Å². The Balaban J connectivity index is 1.67. The van der Waals surface area contributed by atoms with Gasteiger partial charge in [-0.1, -0.05) is 72.8 Å². The Labute approximate surface area is 212 Å². The van der Waals surface area contributed by atoms with Crippen molar-refractivity contribution in [2.75, 3.05) is 0 Å². The molecule has 2 atom stereocenters. The van der Waals surface area contributed by atoms with Crippen LogP contribution in [0.3, 0.4) is 0 Å². The van der Waals surface area contributed by atoms with E-state index in [4.69, 9.17) is 9.47 Å². The summed E-state index contributed by atoms with van der Waals surface area (Å²) in [5.41, 5.74) is 3.79. The molecule has 0 spiro atoms. The third-order valence-corrected chi connectivity index (χ3v) is 6.26. The molecule has 6 heteroatoms. The van der Waals surface area contributed by atoms with Crippen molar-refractivity contribution in [3.63, 3.8) is 0 Å². The summed E-state index contributed by atoms with van der Waals surface area (Å²) in [7, 11) is 0. The summed E-state index contributed by atoms with van der Waals surface area (Å²) in [6.07, 6.45) is -0.743. The average Bonchev–Trinajstić information content (AvgIpc) is 2.86. The second-order valence-electron chi connectivity index (χ2n) is 10.2. The fourth-order valence-electron chi connectivity index (χ4n) is 4.53. The van der Waals surface area contributed by atoms with Gasteiger partial charge in [-0.15, -0.1) is 0 Å². The third-order valence-electron chi connectivity index (χ3n) is 6.26. The number of carboxylic acids is 1. The van der Waals surface area contributed by atoms with Crippen molar-refractivity contribution in [3.8, 4) is 5.75 Å². The summed E-state index contributed by atoms with van der Waals surface area (Å²) in [6.45, 7) is 8.16. The lowest BCUT2D eigenvalue weighted by Gasteiger charge is -2.38. The normalized spacial score (nSPS) is 16.2.